The Bertz CT molecular complexity index is 940. The summed E-state index contributed by atoms with van der Waals surface area (Å²) in [4.78, 5) is 26.5. The minimum absolute atomic E-state index is 0.119. The second-order valence-corrected chi connectivity index (χ2v) is 11.3. The summed E-state index contributed by atoms with van der Waals surface area (Å²) in [5, 5.41) is 1.82. The maximum Gasteiger partial charge on any atom is 0.332 e. The number of rotatable bonds is 9. The van der Waals surface area contributed by atoms with E-state index in [1.54, 1.807) is 32.2 Å². The molecule has 7 nitrogen and oxygen atoms in total. The smallest absolute Gasteiger partial charge is 0.332 e. The minimum atomic E-state index is -3.24. The van der Waals surface area contributed by atoms with Gasteiger partial charge in [0, 0.05) is 25.2 Å². The first-order valence-corrected chi connectivity index (χ1v) is 13.2. The average molecular weight is 482 g/mol. The fraction of sp³-hybridized carbons (Fsp3) is 0.478. The zero-order valence-corrected chi connectivity index (χ0v) is 21.3. The molecule has 1 aromatic rings. The van der Waals surface area contributed by atoms with Crippen LogP contribution in [0.25, 0.3) is 6.08 Å². The number of esters is 1. The van der Waals surface area contributed by atoms with E-state index in [4.69, 9.17) is 13.8 Å². The summed E-state index contributed by atoms with van der Waals surface area (Å²) < 4.78 is 28.7. The maximum atomic E-state index is 13.0. The zero-order chi connectivity index (χ0) is 23.9. The van der Waals surface area contributed by atoms with Gasteiger partial charge < -0.3 is 18.7 Å². The highest BCUT2D eigenvalue weighted by molar-refractivity contribution is 8.06. The van der Waals surface area contributed by atoms with Crippen molar-refractivity contribution < 1.29 is 27.9 Å². The molecule has 0 unspecified atom stereocenters. The van der Waals surface area contributed by atoms with Gasteiger partial charge in [-0.05, 0) is 48.4 Å². The Morgan fingerprint density at radius 2 is 1.84 bits per heavy atom. The van der Waals surface area contributed by atoms with E-state index in [1.807, 2.05) is 38.3 Å². The van der Waals surface area contributed by atoms with Gasteiger partial charge in [-0.2, -0.15) is 0 Å². The SMILES string of the molecule is CCOP(=O)(CCN1C=CSC(=Cc2ccc(OC(C)=O)c(C(C)(C)C)c2)C1=O)OCC. The molecule has 32 heavy (non-hydrogen) atoms. The predicted octanol–water partition coefficient (Wildman–Crippen LogP) is 5.56. The van der Waals surface area contributed by atoms with Crippen LogP contribution in [0.15, 0.2) is 34.7 Å². The van der Waals surface area contributed by atoms with Crippen LogP contribution >= 0.6 is 19.4 Å². The molecule has 9 heteroatoms. The van der Waals surface area contributed by atoms with Gasteiger partial charge in [0.1, 0.15) is 5.75 Å². The second-order valence-electron chi connectivity index (χ2n) is 8.18. The zero-order valence-electron chi connectivity index (χ0n) is 19.5. The van der Waals surface area contributed by atoms with Gasteiger partial charge in [0.05, 0.1) is 24.3 Å². The molecule has 0 aromatic heterocycles. The molecule has 0 saturated carbocycles. The van der Waals surface area contributed by atoms with Crippen molar-refractivity contribution in [3.05, 3.63) is 45.8 Å². The van der Waals surface area contributed by atoms with Crippen molar-refractivity contribution in [2.75, 3.05) is 25.9 Å². The molecule has 1 aromatic carbocycles. The Morgan fingerprint density at radius 1 is 1.19 bits per heavy atom. The number of ether oxygens (including phenoxy) is 1. The summed E-state index contributed by atoms with van der Waals surface area (Å²) in [6, 6.07) is 5.50. The highest BCUT2D eigenvalue weighted by Crippen LogP contribution is 2.48. The van der Waals surface area contributed by atoms with Crippen molar-refractivity contribution in [1.82, 2.24) is 4.90 Å². The molecule has 1 amide bonds. The third-order valence-corrected chi connectivity index (χ3v) is 7.39. The Morgan fingerprint density at radius 3 is 2.41 bits per heavy atom. The van der Waals surface area contributed by atoms with Crippen LogP contribution in [0, 0.1) is 0 Å². The topological polar surface area (TPSA) is 82.1 Å². The van der Waals surface area contributed by atoms with Crippen LogP contribution in [0.3, 0.4) is 0 Å². The number of thioether (sulfide) groups is 1. The van der Waals surface area contributed by atoms with Gasteiger partial charge in [-0.1, -0.05) is 38.6 Å². The number of hydrogen-bond acceptors (Lipinski definition) is 7. The monoisotopic (exact) mass is 481 g/mol. The lowest BCUT2D eigenvalue weighted by atomic mass is 9.85. The van der Waals surface area contributed by atoms with Crippen LogP contribution in [-0.2, 0) is 28.6 Å². The van der Waals surface area contributed by atoms with E-state index in [2.05, 4.69) is 0 Å². The van der Waals surface area contributed by atoms with Gasteiger partial charge in [0.15, 0.2) is 0 Å². The Hall–Kier alpha value is -1.86. The fourth-order valence-electron chi connectivity index (χ4n) is 3.12. The number of amides is 1. The van der Waals surface area contributed by atoms with Crippen molar-refractivity contribution in [1.29, 1.82) is 0 Å². The van der Waals surface area contributed by atoms with E-state index < -0.39 is 7.60 Å². The van der Waals surface area contributed by atoms with Crippen molar-refractivity contribution in [3.63, 3.8) is 0 Å². The summed E-state index contributed by atoms with van der Waals surface area (Å²) in [6.45, 7) is 11.8. The second kappa shape index (κ2) is 11.3. The first kappa shape index (κ1) is 26.4. The van der Waals surface area contributed by atoms with Crippen molar-refractivity contribution in [2.24, 2.45) is 0 Å². The molecule has 1 heterocycles. The molecule has 0 saturated heterocycles. The molecule has 0 aliphatic carbocycles. The highest BCUT2D eigenvalue weighted by atomic mass is 32.2. The fourth-order valence-corrected chi connectivity index (χ4v) is 5.47. The lowest BCUT2D eigenvalue weighted by Gasteiger charge is -2.25. The number of carbonyl (C=O) groups excluding carboxylic acids is 2. The average Bonchev–Trinajstić information content (AvgIpc) is 2.69. The summed E-state index contributed by atoms with van der Waals surface area (Å²) in [6.07, 6.45) is 3.60. The molecule has 0 fully saturated rings. The van der Waals surface area contributed by atoms with Crippen molar-refractivity contribution in [2.45, 2.75) is 47.0 Å². The Labute approximate surface area is 194 Å². The van der Waals surface area contributed by atoms with Crippen LogP contribution in [0.2, 0.25) is 0 Å². The molecule has 1 aliphatic rings. The molecule has 0 spiro atoms. The van der Waals surface area contributed by atoms with Crippen LogP contribution < -0.4 is 4.74 Å². The standard InChI is InChI=1S/C23H32NO6PS/c1-7-28-31(27,29-8-2)13-11-24-12-14-32-21(22(24)26)16-18-9-10-20(30-17(3)25)19(15-18)23(4,5)6/h9-10,12,14-16H,7-8,11,13H2,1-6H3. The molecule has 1 aliphatic heterocycles. The lowest BCUT2D eigenvalue weighted by molar-refractivity contribution is -0.132. The quantitative estimate of drug-likeness (QED) is 0.198. The van der Waals surface area contributed by atoms with E-state index in [0.29, 0.717) is 10.7 Å². The third kappa shape index (κ3) is 7.34. The predicted molar refractivity (Wildman–Crippen MR) is 129 cm³/mol. The third-order valence-electron chi connectivity index (χ3n) is 4.54. The number of benzene rings is 1. The number of nitrogens with zero attached hydrogens (tertiary/aromatic N) is 1. The molecule has 0 bridgehead atoms. The normalized spacial score (nSPS) is 16.0. The first-order chi connectivity index (χ1) is 15.0. The number of hydrogen-bond donors (Lipinski definition) is 0. The lowest BCUT2D eigenvalue weighted by Crippen LogP contribution is -2.31. The van der Waals surface area contributed by atoms with E-state index in [0.717, 1.165) is 11.1 Å². The molecular formula is C23H32NO6PS. The van der Waals surface area contributed by atoms with Gasteiger partial charge in [-0.15, -0.1) is 0 Å². The summed E-state index contributed by atoms with van der Waals surface area (Å²) in [5.74, 6) is -0.0471. The highest BCUT2D eigenvalue weighted by Gasteiger charge is 2.28. The van der Waals surface area contributed by atoms with Crippen LogP contribution in [-0.4, -0.2) is 42.7 Å². The molecule has 0 atom stereocenters. The van der Waals surface area contributed by atoms with Gasteiger partial charge in [-0.3, -0.25) is 14.2 Å². The van der Waals surface area contributed by atoms with E-state index >= 15 is 0 Å². The van der Waals surface area contributed by atoms with Crippen LogP contribution in [0.4, 0.5) is 0 Å². The summed E-state index contributed by atoms with van der Waals surface area (Å²) >= 11 is 1.32. The maximum absolute atomic E-state index is 13.0. The molecular weight excluding hydrogens is 449 g/mol. The largest absolute Gasteiger partial charge is 0.426 e. The van der Waals surface area contributed by atoms with Crippen LogP contribution in [0.5, 0.6) is 5.75 Å². The minimum Gasteiger partial charge on any atom is -0.426 e. The van der Waals surface area contributed by atoms with E-state index in [9.17, 15) is 14.2 Å². The van der Waals surface area contributed by atoms with E-state index in [-0.39, 0.29) is 43.2 Å². The Balaban J connectivity index is 2.24. The molecule has 0 N–H and O–H groups in total. The van der Waals surface area contributed by atoms with Gasteiger partial charge in [0.25, 0.3) is 5.91 Å². The molecule has 2 rings (SSSR count). The molecule has 176 valence electrons. The van der Waals surface area contributed by atoms with Crippen molar-refractivity contribution in [3.8, 4) is 5.75 Å². The van der Waals surface area contributed by atoms with Gasteiger partial charge in [-0.25, -0.2) is 0 Å². The summed E-state index contributed by atoms with van der Waals surface area (Å²) in [7, 11) is -3.24. The number of carbonyl (C=O) groups is 2. The first-order valence-electron chi connectivity index (χ1n) is 10.6. The van der Waals surface area contributed by atoms with Crippen molar-refractivity contribution >= 4 is 37.3 Å². The molecule has 0 radical (unpaired) electrons. The van der Waals surface area contributed by atoms with Gasteiger partial charge >= 0.3 is 13.6 Å². The van der Waals surface area contributed by atoms with E-state index in [1.165, 1.54) is 23.6 Å². The Kier molecular flexibility index (Phi) is 9.34. The van der Waals surface area contributed by atoms with Gasteiger partial charge in [0.2, 0.25) is 0 Å². The van der Waals surface area contributed by atoms with Crippen LogP contribution in [0.1, 0.15) is 52.7 Å². The summed E-state index contributed by atoms with van der Waals surface area (Å²) in [5.41, 5.74) is 1.44.